The molecule has 21 heavy (non-hydrogen) atoms. The molecular weight excluding hydrogens is 264 g/mol. The third-order valence-electron chi connectivity index (χ3n) is 4.04. The zero-order chi connectivity index (χ0) is 14.7. The number of aromatic nitrogens is 2. The summed E-state index contributed by atoms with van der Waals surface area (Å²) in [5.74, 6) is 0.176. The number of benzene rings is 1. The van der Waals surface area contributed by atoms with Crippen molar-refractivity contribution in [3.8, 4) is 5.69 Å². The molecule has 3 N–H and O–H groups in total. The van der Waals surface area contributed by atoms with E-state index in [1.54, 1.807) is 6.20 Å². The summed E-state index contributed by atoms with van der Waals surface area (Å²) in [4.78, 5) is 12.2. The molecule has 1 aliphatic carbocycles. The summed E-state index contributed by atoms with van der Waals surface area (Å²) < 4.78 is 1.81. The maximum atomic E-state index is 12.2. The van der Waals surface area contributed by atoms with Gasteiger partial charge in [0.25, 0.3) is 0 Å². The van der Waals surface area contributed by atoms with Crippen molar-refractivity contribution in [3.05, 3.63) is 48.3 Å². The van der Waals surface area contributed by atoms with Crippen molar-refractivity contribution < 1.29 is 4.79 Å². The van der Waals surface area contributed by atoms with E-state index in [0.29, 0.717) is 6.54 Å². The lowest BCUT2D eigenvalue weighted by Crippen LogP contribution is -2.30. The molecule has 0 saturated heterocycles. The highest BCUT2D eigenvalue weighted by Crippen LogP contribution is 2.24. The quantitative estimate of drug-likeness (QED) is 0.896. The molecule has 2 aromatic rings. The van der Waals surface area contributed by atoms with Crippen LogP contribution in [0.4, 0.5) is 0 Å². The van der Waals surface area contributed by atoms with E-state index in [9.17, 15) is 4.79 Å². The van der Waals surface area contributed by atoms with Crippen molar-refractivity contribution in [1.82, 2.24) is 15.1 Å². The van der Waals surface area contributed by atoms with Crippen LogP contribution >= 0.6 is 0 Å². The van der Waals surface area contributed by atoms with Crippen LogP contribution in [0.25, 0.3) is 5.69 Å². The molecule has 1 fully saturated rings. The molecule has 0 bridgehead atoms. The first-order valence-corrected chi connectivity index (χ1v) is 7.35. The summed E-state index contributed by atoms with van der Waals surface area (Å²) in [6.45, 7) is 0.514. The third-order valence-corrected chi connectivity index (χ3v) is 4.04. The molecule has 110 valence electrons. The molecule has 1 aromatic heterocycles. The molecule has 0 spiro atoms. The van der Waals surface area contributed by atoms with Crippen LogP contribution in [0.3, 0.4) is 0 Å². The van der Waals surface area contributed by atoms with Gasteiger partial charge in [-0.25, -0.2) is 4.68 Å². The fourth-order valence-corrected chi connectivity index (χ4v) is 2.88. The van der Waals surface area contributed by atoms with Gasteiger partial charge in [0, 0.05) is 30.9 Å². The number of amides is 1. The van der Waals surface area contributed by atoms with Crippen molar-refractivity contribution in [2.24, 2.45) is 11.7 Å². The Labute approximate surface area is 124 Å². The van der Waals surface area contributed by atoms with Crippen molar-refractivity contribution in [2.45, 2.75) is 31.8 Å². The molecule has 1 amide bonds. The van der Waals surface area contributed by atoms with Crippen LogP contribution in [0.5, 0.6) is 0 Å². The maximum Gasteiger partial charge on any atom is 0.223 e. The molecule has 2 unspecified atom stereocenters. The molecule has 0 aliphatic heterocycles. The van der Waals surface area contributed by atoms with Crippen molar-refractivity contribution in [3.63, 3.8) is 0 Å². The number of carbonyl (C=O) groups is 1. The fraction of sp³-hybridized carbons (Fsp3) is 0.375. The first kappa shape index (κ1) is 13.8. The number of nitrogens with one attached hydrogen (secondary N) is 1. The summed E-state index contributed by atoms with van der Waals surface area (Å²) >= 11 is 0. The molecule has 1 heterocycles. The van der Waals surface area contributed by atoms with Crippen LogP contribution in [0.2, 0.25) is 0 Å². The molecule has 1 aliphatic rings. The Kier molecular flexibility index (Phi) is 4.01. The lowest BCUT2D eigenvalue weighted by Gasteiger charge is -2.13. The van der Waals surface area contributed by atoms with Crippen molar-refractivity contribution in [2.75, 3.05) is 0 Å². The van der Waals surface area contributed by atoms with E-state index in [2.05, 4.69) is 10.4 Å². The van der Waals surface area contributed by atoms with Crippen LogP contribution in [0.1, 0.15) is 24.8 Å². The highest BCUT2D eigenvalue weighted by molar-refractivity contribution is 5.79. The molecule has 5 nitrogen and oxygen atoms in total. The highest BCUT2D eigenvalue weighted by Gasteiger charge is 2.27. The molecule has 1 saturated carbocycles. The van der Waals surface area contributed by atoms with Crippen molar-refractivity contribution >= 4 is 5.91 Å². The minimum Gasteiger partial charge on any atom is -0.352 e. The number of hydrogen-bond donors (Lipinski definition) is 2. The number of rotatable bonds is 4. The van der Waals surface area contributed by atoms with Crippen LogP contribution in [0, 0.1) is 5.92 Å². The Balaban J connectivity index is 1.67. The summed E-state index contributed by atoms with van der Waals surface area (Å²) in [6.07, 6.45) is 6.29. The first-order valence-electron chi connectivity index (χ1n) is 7.35. The average Bonchev–Trinajstić information content (AvgIpc) is 3.16. The molecular formula is C16H20N4O. The SMILES string of the molecule is NC1CCC(C(=O)NCc2ccccc2-n2cccn2)C1. The van der Waals surface area contributed by atoms with Gasteiger partial charge in [0.15, 0.2) is 0 Å². The predicted octanol–water partition coefficient (Wildman–Crippen LogP) is 1.62. The van der Waals surface area contributed by atoms with Gasteiger partial charge < -0.3 is 11.1 Å². The van der Waals surface area contributed by atoms with Crippen LogP contribution in [0.15, 0.2) is 42.7 Å². The molecule has 1 aromatic carbocycles. The summed E-state index contributed by atoms with van der Waals surface area (Å²) in [5, 5.41) is 7.28. The Morgan fingerprint density at radius 2 is 2.19 bits per heavy atom. The maximum absolute atomic E-state index is 12.2. The topological polar surface area (TPSA) is 72.9 Å². The number of carbonyl (C=O) groups excluding carboxylic acids is 1. The van der Waals surface area contributed by atoms with E-state index in [1.165, 1.54) is 0 Å². The molecule has 0 radical (unpaired) electrons. The molecule has 2 atom stereocenters. The molecule has 3 rings (SSSR count). The second-order valence-corrected chi connectivity index (χ2v) is 5.57. The Morgan fingerprint density at radius 1 is 1.33 bits per heavy atom. The lowest BCUT2D eigenvalue weighted by atomic mass is 10.1. The Bertz CT molecular complexity index is 608. The monoisotopic (exact) mass is 284 g/mol. The van der Waals surface area contributed by atoms with E-state index < -0.39 is 0 Å². The Morgan fingerprint density at radius 3 is 2.90 bits per heavy atom. The van der Waals surface area contributed by atoms with Gasteiger partial charge in [-0.2, -0.15) is 5.10 Å². The van der Waals surface area contributed by atoms with Crippen molar-refractivity contribution in [1.29, 1.82) is 0 Å². The number of nitrogens with zero attached hydrogens (tertiary/aromatic N) is 2. The third kappa shape index (κ3) is 3.13. The van der Waals surface area contributed by atoms with Crippen LogP contribution < -0.4 is 11.1 Å². The van der Waals surface area contributed by atoms with E-state index in [0.717, 1.165) is 30.5 Å². The van der Waals surface area contributed by atoms with Gasteiger partial charge in [0.1, 0.15) is 0 Å². The number of para-hydroxylation sites is 1. The van der Waals surface area contributed by atoms with Gasteiger partial charge in [-0.05, 0) is 37.0 Å². The van der Waals surface area contributed by atoms with Gasteiger partial charge in [-0.1, -0.05) is 18.2 Å². The minimum atomic E-state index is 0.0665. The second-order valence-electron chi connectivity index (χ2n) is 5.57. The van der Waals surface area contributed by atoms with Crippen LogP contribution in [-0.4, -0.2) is 21.7 Å². The highest BCUT2D eigenvalue weighted by atomic mass is 16.1. The summed E-state index contributed by atoms with van der Waals surface area (Å²) in [5.41, 5.74) is 7.91. The smallest absolute Gasteiger partial charge is 0.223 e. The van der Waals surface area contributed by atoms with Gasteiger partial charge >= 0.3 is 0 Å². The first-order chi connectivity index (χ1) is 10.2. The number of nitrogens with two attached hydrogens (primary N) is 1. The zero-order valence-corrected chi connectivity index (χ0v) is 11.9. The normalized spacial score (nSPS) is 21.4. The van der Waals surface area contributed by atoms with Gasteiger partial charge in [0.2, 0.25) is 5.91 Å². The van der Waals surface area contributed by atoms with E-state index in [-0.39, 0.29) is 17.9 Å². The van der Waals surface area contributed by atoms with Crippen LogP contribution in [-0.2, 0) is 11.3 Å². The minimum absolute atomic E-state index is 0.0665. The van der Waals surface area contributed by atoms with Gasteiger partial charge in [0.05, 0.1) is 5.69 Å². The summed E-state index contributed by atoms with van der Waals surface area (Å²) in [6, 6.07) is 10.0. The standard InChI is InChI=1S/C16H20N4O/c17-14-7-6-12(10-14)16(21)18-11-13-4-1-2-5-15(13)20-9-3-8-19-20/h1-5,8-9,12,14H,6-7,10-11,17H2,(H,18,21). The average molecular weight is 284 g/mol. The zero-order valence-electron chi connectivity index (χ0n) is 11.9. The molecule has 5 heteroatoms. The van der Waals surface area contributed by atoms with E-state index >= 15 is 0 Å². The lowest BCUT2D eigenvalue weighted by molar-refractivity contribution is -0.125. The fourth-order valence-electron chi connectivity index (χ4n) is 2.88. The van der Waals surface area contributed by atoms with E-state index in [4.69, 9.17) is 5.73 Å². The van der Waals surface area contributed by atoms with E-state index in [1.807, 2.05) is 41.2 Å². The second kappa shape index (κ2) is 6.10. The largest absolute Gasteiger partial charge is 0.352 e. The predicted molar refractivity (Wildman–Crippen MR) is 80.7 cm³/mol. The summed E-state index contributed by atoms with van der Waals surface area (Å²) in [7, 11) is 0. The van der Waals surface area contributed by atoms with Gasteiger partial charge in [-0.3, -0.25) is 4.79 Å². The number of hydrogen-bond acceptors (Lipinski definition) is 3. The Hall–Kier alpha value is -2.14. The van der Waals surface area contributed by atoms with Gasteiger partial charge in [-0.15, -0.1) is 0 Å².